The number of benzene rings is 2. The van der Waals surface area contributed by atoms with Gasteiger partial charge in [0.2, 0.25) is 0 Å². The molecule has 2 aromatic rings. The van der Waals surface area contributed by atoms with Crippen molar-refractivity contribution in [3.05, 3.63) is 77.9 Å². The van der Waals surface area contributed by atoms with Crippen LogP contribution in [0, 0.1) is 0 Å². The van der Waals surface area contributed by atoms with Crippen LogP contribution >= 0.6 is 0 Å². The van der Waals surface area contributed by atoms with Gasteiger partial charge in [0.25, 0.3) is 0 Å². The van der Waals surface area contributed by atoms with Gasteiger partial charge in [0.1, 0.15) is 0 Å². The number of hydrogen-bond donors (Lipinski definition) is 0. The summed E-state index contributed by atoms with van der Waals surface area (Å²) in [6.45, 7) is 5.02. The largest absolute Gasteiger partial charge is 0.0762 e. The molecule has 0 nitrogen and oxygen atoms in total. The molecule has 1 atom stereocenters. The lowest BCUT2D eigenvalue weighted by atomic mass is 10.0. The summed E-state index contributed by atoms with van der Waals surface area (Å²) >= 11 is 0. The van der Waals surface area contributed by atoms with E-state index in [4.69, 9.17) is 0 Å². The standard InChI is InChI=1S/C18H20Si/c1-19(2)14-17(15-9-5-3-6-10-15)13-18(19)16-11-7-4-8-12-16/h3-13,18H,14H2,1-2H3. The van der Waals surface area contributed by atoms with Gasteiger partial charge < -0.3 is 0 Å². The topological polar surface area (TPSA) is 0 Å². The van der Waals surface area contributed by atoms with Gasteiger partial charge in [0.15, 0.2) is 0 Å². The van der Waals surface area contributed by atoms with Gasteiger partial charge in [-0.3, -0.25) is 0 Å². The zero-order valence-corrected chi connectivity index (χ0v) is 12.6. The highest BCUT2D eigenvalue weighted by atomic mass is 28.3. The van der Waals surface area contributed by atoms with Crippen LogP contribution in [-0.2, 0) is 0 Å². The monoisotopic (exact) mass is 264 g/mol. The van der Waals surface area contributed by atoms with Crippen LogP contribution in [0.3, 0.4) is 0 Å². The van der Waals surface area contributed by atoms with E-state index in [1.54, 1.807) is 5.57 Å². The van der Waals surface area contributed by atoms with Crippen LogP contribution in [0.15, 0.2) is 66.7 Å². The van der Waals surface area contributed by atoms with E-state index >= 15 is 0 Å². The van der Waals surface area contributed by atoms with Crippen molar-refractivity contribution in [1.29, 1.82) is 0 Å². The molecule has 1 unspecified atom stereocenters. The number of allylic oxidation sites excluding steroid dienone is 2. The Morgan fingerprint density at radius 3 is 2.05 bits per heavy atom. The van der Waals surface area contributed by atoms with E-state index in [0.717, 1.165) is 0 Å². The molecule has 0 amide bonds. The lowest BCUT2D eigenvalue weighted by Crippen LogP contribution is -2.29. The summed E-state index contributed by atoms with van der Waals surface area (Å²) < 4.78 is 0. The Kier molecular flexibility index (Phi) is 3.15. The maximum Gasteiger partial charge on any atom is 0.0639 e. The number of rotatable bonds is 2. The SMILES string of the molecule is C[Si]1(C)CC(c2ccccc2)=CC1c1ccccc1. The molecule has 1 aliphatic rings. The summed E-state index contributed by atoms with van der Waals surface area (Å²) in [7, 11) is -1.25. The van der Waals surface area contributed by atoms with E-state index in [9.17, 15) is 0 Å². The molecule has 2 aromatic carbocycles. The summed E-state index contributed by atoms with van der Waals surface area (Å²) in [6.07, 6.45) is 2.52. The van der Waals surface area contributed by atoms with Gasteiger partial charge in [-0.05, 0) is 28.3 Å². The highest BCUT2D eigenvalue weighted by Crippen LogP contribution is 2.44. The Hall–Kier alpha value is -1.60. The molecule has 0 saturated heterocycles. The quantitative estimate of drug-likeness (QED) is 0.661. The fourth-order valence-corrected chi connectivity index (χ4v) is 6.42. The molecule has 1 heterocycles. The average molecular weight is 264 g/mol. The van der Waals surface area contributed by atoms with Crippen LogP contribution in [0.1, 0.15) is 16.7 Å². The van der Waals surface area contributed by atoms with Gasteiger partial charge >= 0.3 is 0 Å². The molecule has 19 heavy (non-hydrogen) atoms. The molecule has 0 bridgehead atoms. The maximum absolute atomic E-state index is 2.52. The van der Waals surface area contributed by atoms with E-state index in [1.165, 1.54) is 17.2 Å². The second-order valence-corrected chi connectivity index (χ2v) is 11.1. The van der Waals surface area contributed by atoms with Crippen LogP contribution in [-0.4, -0.2) is 8.07 Å². The van der Waals surface area contributed by atoms with Gasteiger partial charge in [-0.25, -0.2) is 0 Å². The van der Waals surface area contributed by atoms with Crippen LogP contribution < -0.4 is 0 Å². The minimum atomic E-state index is -1.25. The lowest BCUT2D eigenvalue weighted by molar-refractivity contribution is 1.16. The van der Waals surface area contributed by atoms with Crippen LogP contribution in [0.4, 0.5) is 0 Å². The first-order valence-electron chi connectivity index (χ1n) is 6.98. The van der Waals surface area contributed by atoms with Gasteiger partial charge in [-0.1, -0.05) is 79.8 Å². The van der Waals surface area contributed by atoms with E-state index in [2.05, 4.69) is 79.8 Å². The molecule has 0 saturated carbocycles. The van der Waals surface area contributed by atoms with Gasteiger partial charge in [0, 0.05) is 0 Å². The van der Waals surface area contributed by atoms with Crippen LogP contribution in [0.5, 0.6) is 0 Å². The fraction of sp³-hybridized carbons (Fsp3) is 0.222. The van der Waals surface area contributed by atoms with Crippen molar-refractivity contribution in [3.63, 3.8) is 0 Å². The molecule has 0 fully saturated rings. The summed E-state index contributed by atoms with van der Waals surface area (Å²) in [5.74, 6) is 0. The second-order valence-electron chi connectivity index (χ2n) is 6.11. The zero-order valence-electron chi connectivity index (χ0n) is 11.6. The molecule has 0 radical (unpaired) electrons. The molecule has 96 valence electrons. The van der Waals surface area contributed by atoms with Crippen molar-refractivity contribution in [3.8, 4) is 0 Å². The molecular weight excluding hydrogens is 244 g/mol. The third kappa shape index (κ3) is 2.43. The van der Waals surface area contributed by atoms with E-state index in [-0.39, 0.29) is 0 Å². The maximum atomic E-state index is 2.52. The molecule has 1 aliphatic heterocycles. The smallest absolute Gasteiger partial charge is 0.0639 e. The first-order chi connectivity index (χ1) is 9.17. The molecular formula is C18H20Si. The lowest BCUT2D eigenvalue weighted by Gasteiger charge is -2.25. The Labute approximate surface area is 116 Å². The van der Waals surface area contributed by atoms with Crippen LogP contribution in [0.2, 0.25) is 19.1 Å². The Morgan fingerprint density at radius 1 is 0.842 bits per heavy atom. The normalized spacial score (nSPS) is 21.2. The Balaban J connectivity index is 1.99. The summed E-state index contributed by atoms with van der Waals surface area (Å²) in [5.41, 5.74) is 5.10. The van der Waals surface area contributed by atoms with Crippen molar-refractivity contribution >= 4 is 13.6 Å². The first kappa shape index (κ1) is 12.4. The molecule has 0 aliphatic carbocycles. The van der Waals surface area contributed by atoms with Gasteiger partial charge in [-0.15, -0.1) is 0 Å². The molecule has 1 heteroatoms. The Morgan fingerprint density at radius 2 is 1.42 bits per heavy atom. The van der Waals surface area contributed by atoms with Crippen molar-refractivity contribution in [2.24, 2.45) is 0 Å². The first-order valence-corrected chi connectivity index (χ1v) is 10.3. The van der Waals surface area contributed by atoms with E-state index in [1.807, 2.05) is 0 Å². The molecule has 0 aromatic heterocycles. The average Bonchev–Trinajstić information content (AvgIpc) is 2.77. The molecule has 0 N–H and O–H groups in total. The third-order valence-electron chi connectivity index (χ3n) is 4.16. The Bertz CT molecular complexity index is 582. The predicted molar refractivity (Wildman–Crippen MR) is 85.9 cm³/mol. The highest BCUT2D eigenvalue weighted by molar-refractivity contribution is 6.82. The third-order valence-corrected chi connectivity index (χ3v) is 7.64. The molecule has 0 spiro atoms. The van der Waals surface area contributed by atoms with Crippen molar-refractivity contribution < 1.29 is 0 Å². The van der Waals surface area contributed by atoms with Crippen molar-refractivity contribution in [1.82, 2.24) is 0 Å². The number of hydrogen-bond acceptors (Lipinski definition) is 0. The van der Waals surface area contributed by atoms with Crippen LogP contribution in [0.25, 0.3) is 5.57 Å². The summed E-state index contributed by atoms with van der Waals surface area (Å²) in [6, 6.07) is 23.1. The minimum absolute atomic E-state index is 0.656. The molecule has 3 rings (SSSR count). The van der Waals surface area contributed by atoms with Crippen molar-refractivity contribution in [2.45, 2.75) is 24.7 Å². The summed E-state index contributed by atoms with van der Waals surface area (Å²) in [4.78, 5) is 0. The second kappa shape index (κ2) is 4.82. The fourth-order valence-electron chi connectivity index (χ4n) is 3.14. The summed E-state index contributed by atoms with van der Waals surface area (Å²) in [5, 5.41) is 0. The van der Waals surface area contributed by atoms with Crippen molar-refractivity contribution in [2.75, 3.05) is 0 Å². The van der Waals surface area contributed by atoms with E-state index < -0.39 is 8.07 Å². The van der Waals surface area contributed by atoms with Gasteiger partial charge in [0.05, 0.1) is 8.07 Å². The zero-order chi connectivity index (χ0) is 13.3. The van der Waals surface area contributed by atoms with Gasteiger partial charge in [-0.2, -0.15) is 0 Å². The minimum Gasteiger partial charge on any atom is -0.0762 e. The predicted octanol–water partition coefficient (Wildman–Crippen LogP) is 5.12. The highest BCUT2D eigenvalue weighted by Gasteiger charge is 2.37. The van der Waals surface area contributed by atoms with E-state index in [0.29, 0.717) is 5.54 Å².